The second kappa shape index (κ2) is 10.5. The van der Waals surface area contributed by atoms with Gasteiger partial charge in [0.05, 0.1) is 25.5 Å². The van der Waals surface area contributed by atoms with Gasteiger partial charge in [0, 0.05) is 12.6 Å². The van der Waals surface area contributed by atoms with E-state index in [2.05, 4.69) is 27.6 Å². The Labute approximate surface area is 179 Å². The predicted octanol–water partition coefficient (Wildman–Crippen LogP) is 2.52. The van der Waals surface area contributed by atoms with Gasteiger partial charge in [-0.1, -0.05) is 42.1 Å². The van der Waals surface area contributed by atoms with Crippen molar-refractivity contribution < 1.29 is 14.3 Å². The van der Waals surface area contributed by atoms with Gasteiger partial charge >= 0.3 is 0 Å². The number of methoxy groups -OCH3 is 2. The zero-order chi connectivity index (χ0) is 21.3. The van der Waals surface area contributed by atoms with Crippen molar-refractivity contribution >= 4 is 17.7 Å². The van der Waals surface area contributed by atoms with Gasteiger partial charge < -0.3 is 20.6 Å². The molecule has 0 aliphatic heterocycles. The lowest BCUT2D eigenvalue weighted by molar-refractivity contribution is -0.118. The number of rotatable bonds is 10. The Morgan fingerprint density at radius 3 is 2.67 bits per heavy atom. The van der Waals surface area contributed by atoms with Crippen molar-refractivity contribution in [2.75, 3.05) is 32.4 Å². The van der Waals surface area contributed by atoms with Crippen molar-refractivity contribution in [2.45, 2.75) is 18.0 Å². The van der Waals surface area contributed by atoms with Gasteiger partial charge in [0.25, 0.3) is 0 Å². The van der Waals surface area contributed by atoms with E-state index in [1.54, 1.807) is 32.4 Å². The average Bonchev–Trinajstić information content (AvgIpc) is 3.15. The average molecular weight is 428 g/mol. The van der Waals surface area contributed by atoms with Gasteiger partial charge in [0.1, 0.15) is 11.5 Å². The molecule has 1 heterocycles. The van der Waals surface area contributed by atoms with Gasteiger partial charge in [-0.25, -0.2) is 4.68 Å². The molecule has 0 atom stereocenters. The summed E-state index contributed by atoms with van der Waals surface area (Å²) in [7, 11) is 3.15. The number of aryl methyl sites for hydroxylation is 1. The highest BCUT2D eigenvalue weighted by atomic mass is 32.2. The van der Waals surface area contributed by atoms with Crippen LogP contribution in [0, 0.1) is 0 Å². The Morgan fingerprint density at radius 2 is 1.93 bits per heavy atom. The number of aromatic nitrogens is 3. The molecule has 3 N–H and O–H groups in total. The number of amides is 1. The molecule has 0 radical (unpaired) electrons. The minimum absolute atomic E-state index is 0.0698. The fraction of sp³-hybridized carbons (Fsp3) is 0.286. The maximum absolute atomic E-state index is 12.1. The van der Waals surface area contributed by atoms with Crippen LogP contribution in [0.3, 0.4) is 0 Å². The number of nitrogens with one attached hydrogen (secondary N) is 1. The van der Waals surface area contributed by atoms with Crippen molar-refractivity contribution in [2.24, 2.45) is 0 Å². The molecule has 3 rings (SSSR count). The maximum Gasteiger partial charge on any atom is 0.230 e. The summed E-state index contributed by atoms with van der Waals surface area (Å²) < 4.78 is 12.0. The lowest BCUT2D eigenvalue weighted by Gasteiger charge is -2.10. The Bertz CT molecular complexity index is 978. The van der Waals surface area contributed by atoms with Crippen LogP contribution in [0.1, 0.15) is 12.0 Å². The van der Waals surface area contributed by atoms with E-state index >= 15 is 0 Å². The number of ether oxygens (including phenoxy) is 2. The van der Waals surface area contributed by atoms with Crippen LogP contribution in [0.2, 0.25) is 0 Å². The molecule has 2 aromatic carbocycles. The Morgan fingerprint density at radius 1 is 1.13 bits per heavy atom. The van der Waals surface area contributed by atoms with Gasteiger partial charge in [-0.15, -0.1) is 10.2 Å². The lowest BCUT2D eigenvalue weighted by atomic mass is 10.1. The molecule has 0 unspecified atom stereocenters. The van der Waals surface area contributed by atoms with Crippen LogP contribution < -0.4 is 20.6 Å². The number of carbonyl (C=O) groups excluding carboxylic acids is 1. The summed E-state index contributed by atoms with van der Waals surface area (Å²) >= 11 is 1.23. The summed E-state index contributed by atoms with van der Waals surface area (Å²) in [6, 6.07) is 15.5. The van der Waals surface area contributed by atoms with E-state index in [-0.39, 0.29) is 11.7 Å². The van der Waals surface area contributed by atoms with Crippen LogP contribution in [-0.2, 0) is 11.2 Å². The molecule has 0 spiro atoms. The molecule has 1 aromatic heterocycles. The molecule has 0 bridgehead atoms. The smallest absolute Gasteiger partial charge is 0.230 e. The Balaban J connectivity index is 1.52. The Hall–Kier alpha value is -3.20. The van der Waals surface area contributed by atoms with Gasteiger partial charge in [-0.05, 0) is 30.5 Å². The number of hydrogen-bond donors (Lipinski definition) is 2. The highest BCUT2D eigenvalue weighted by molar-refractivity contribution is 7.99. The van der Waals surface area contributed by atoms with Gasteiger partial charge in [0.15, 0.2) is 5.82 Å². The van der Waals surface area contributed by atoms with E-state index in [0.29, 0.717) is 34.6 Å². The van der Waals surface area contributed by atoms with Crippen molar-refractivity contribution in [3.05, 3.63) is 54.1 Å². The molecular formula is C21H25N5O3S. The van der Waals surface area contributed by atoms with Crippen LogP contribution in [-0.4, -0.2) is 47.3 Å². The molecule has 3 aromatic rings. The van der Waals surface area contributed by atoms with Crippen molar-refractivity contribution in [1.82, 2.24) is 20.2 Å². The van der Waals surface area contributed by atoms with E-state index in [4.69, 9.17) is 15.3 Å². The third-order valence-corrected chi connectivity index (χ3v) is 5.40. The van der Waals surface area contributed by atoms with E-state index in [1.807, 2.05) is 18.2 Å². The fourth-order valence-electron chi connectivity index (χ4n) is 2.89. The van der Waals surface area contributed by atoms with E-state index in [1.165, 1.54) is 22.0 Å². The van der Waals surface area contributed by atoms with Crippen molar-refractivity contribution in [3.63, 3.8) is 0 Å². The summed E-state index contributed by atoms with van der Waals surface area (Å²) in [5.74, 6) is 7.97. The number of nitrogens with zero attached hydrogens (tertiary/aromatic N) is 3. The Kier molecular flexibility index (Phi) is 7.56. The first kappa shape index (κ1) is 21.5. The molecule has 158 valence electrons. The van der Waals surface area contributed by atoms with Gasteiger partial charge in [-0.2, -0.15) is 0 Å². The van der Waals surface area contributed by atoms with Crippen LogP contribution >= 0.6 is 11.8 Å². The minimum atomic E-state index is -0.0698. The lowest BCUT2D eigenvalue weighted by Crippen LogP contribution is -2.26. The summed E-state index contributed by atoms with van der Waals surface area (Å²) in [5.41, 5.74) is 1.95. The molecule has 0 saturated heterocycles. The van der Waals surface area contributed by atoms with Crippen LogP contribution in [0.25, 0.3) is 11.4 Å². The molecule has 8 nitrogen and oxygen atoms in total. The summed E-state index contributed by atoms with van der Waals surface area (Å²) in [5, 5.41) is 11.6. The largest absolute Gasteiger partial charge is 0.497 e. The molecular weight excluding hydrogens is 402 g/mol. The molecule has 0 aliphatic carbocycles. The number of nitrogen functional groups attached to an aromatic ring is 1. The second-order valence-corrected chi connectivity index (χ2v) is 7.41. The summed E-state index contributed by atoms with van der Waals surface area (Å²) in [4.78, 5) is 12.1. The fourth-order valence-corrected chi connectivity index (χ4v) is 3.57. The molecule has 1 amide bonds. The number of carbonyl (C=O) groups is 1. The number of benzene rings is 2. The van der Waals surface area contributed by atoms with Gasteiger partial charge in [-0.3, -0.25) is 4.79 Å². The second-order valence-electron chi connectivity index (χ2n) is 6.47. The standard InChI is InChI=1S/C21H25N5O3S/c1-28-16-10-11-17(18(13-16)29-2)20-24-25-21(26(20)22)30-14-19(27)23-12-6-9-15-7-4-3-5-8-15/h3-5,7-8,10-11,13H,6,9,12,14,22H2,1-2H3,(H,23,27). The van der Waals surface area contributed by atoms with Crippen LogP contribution in [0.5, 0.6) is 11.5 Å². The first-order valence-corrected chi connectivity index (χ1v) is 10.5. The van der Waals surface area contributed by atoms with Gasteiger partial charge in [0.2, 0.25) is 11.1 Å². The summed E-state index contributed by atoms with van der Waals surface area (Å²) in [6.07, 6.45) is 1.81. The number of hydrogen-bond acceptors (Lipinski definition) is 7. The normalized spacial score (nSPS) is 10.6. The highest BCUT2D eigenvalue weighted by Gasteiger charge is 2.17. The molecule has 30 heavy (non-hydrogen) atoms. The van der Waals surface area contributed by atoms with E-state index in [0.717, 1.165) is 12.8 Å². The molecule has 0 aliphatic rings. The third-order valence-electron chi connectivity index (χ3n) is 4.45. The molecule has 0 saturated carbocycles. The van der Waals surface area contributed by atoms with Crippen molar-refractivity contribution in [1.29, 1.82) is 0 Å². The quantitative estimate of drug-likeness (QED) is 0.291. The number of nitrogens with two attached hydrogens (primary N) is 1. The number of thioether (sulfide) groups is 1. The van der Waals surface area contributed by atoms with E-state index < -0.39 is 0 Å². The molecule has 9 heteroatoms. The SMILES string of the molecule is COc1ccc(-c2nnc(SCC(=O)NCCCc3ccccc3)n2N)c(OC)c1. The third kappa shape index (κ3) is 5.44. The highest BCUT2D eigenvalue weighted by Crippen LogP contribution is 2.32. The zero-order valence-electron chi connectivity index (χ0n) is 17.0. The van der Waals surface area contributed by atoms with Crippen molar-refractivity contribution in [3.8, 4) is 22.9 Å². The first-order chi connectivity index (χ1) is 14.6. The zero-order valence-corrected chi connectivity index (χ0v) is 17.8. The topological polar surface area (TPSA) is 104 Å². The summed E-state index contributed by atoms with van der Waals surface area (Å²) in [6.45, 7) is 0.623. The van der Waals surface area contributed by atoms with Crippen LogP contribution in [0.15, 0.2) is 53.7 Å². The van der Waals surface area contributed by atoms with Crippen LogP contribution in [0.4, 0.5) is 0 Å². The monoisotopic (exact) mass is 427 g/mol. The molecule has 0 fully saturated rings. The maximum atomic E-state index is 12.1. The van der Waals surface area contributed by atoms with E-state index in [9.17, 15) is 4.79 Å². The predicted molar refractivity (Wildman–Crippen MR) is 117 cm³/mol. The minimum Gasteiger partial charge on any atom is -0.497 e. The first-order valence-electron chi connectivity index (χ1n) is 9.48.